The smallest absolute Gasteiger partial charge is 0.267 e. The average Bonchev–Trinajstić information content (AvgIpc) is 3.20. The first-order valence-corrected chi connectivity index (χ1v) is 10.2. The summed E-state index contributed by atoms with van der Waals surface area (Å²) < 4.78 is 1.64. The van der Waals surface area contributed by atoms with Crippen molar-refractivity contribution in [2.45, 2.75) is 27.7 Å². The molecule has 4 rings (SSSR count). The molecule has 0 fully saturated rings. The Labute approximate surface area is 189 Å². The van der Waals surface area contributed by atoms with Crippen molar-refractivity contribution >= 4 is 40.7 Å². The molecule has 0 spiro atoms. The standard InChI is InChI=1S/C23H20ClN5O3/c1-13-8-9-18(11-22(13)24)28-23(30)21(15(3)26-28)12-20-14(2)25-27(16(20)4)17-6-5-7-19(10-17)29(31)32/h5-12H,1-4H3/b21-12+. The number of non-ortho nitro benzene ring substituents is 1. The number of nitro benzene ring substituents is 1. The number of halogens is 1. The van der Waals surface area contributed by atoms with Gasteiger partial charge in [-0.15, -0.1) is 0 Å². The highest BCUT2D eigenvalue weighted by Gasteiger charge is 2.30. The third-order valence-corrected chi connectivity index (χ3v) is 5.79. The molecule has 1 aliphatic heterocycles. The second kappa shape index (κ2) is 8.05. The quantitative estimate of drug-likeness (QED) is 0.312. The molecule has 0 radical (unpaired) electrons. The number of aryl methyl sites for hydroxylation is 2. The number of rotatable bonds is 4. The van der Waals surface area contributed by atoms with E-state index in [2.05, 4.69) is 10.2 Å². The maximum Gasteiger partial charge on any atom is 0.280 e. The molecule has 0 saturated carbocycles. The maximum absolute atomic E-state index is 13.1. The minimum absolute atomic E-state index is 0.0173. The topological polar surface area (TPSA) is 93.6 Å². The van der Waals surface area contributed by atoms with Crippen LogP contribution in [0.15, 0.2) is 53.1 Å². The van der Waals surface area contributed by atoms with Crippen LogP contribution in [0, 0.1) is 30.9 Å². The zero-order chi connectivity index (χ0) is 23.2. The molecule has 3 aromatic rings. The largest absolute Gasteiger partial charge is 0.280 e. The summed E-state index contributed by atoms with van der Waals surface area (Å²) in [5.74, 6) is -0.260. The van der Waals surface area contributed by atoms with Crippen molar-refractivity contribution in [1.29, 1.82) is 0 Å². The molecule has 0 unspecified atom stereocenters. The van der Waals surface area contributed by atoms with Crippen LogP contribution in [0.4, 0.5) is 11.4 Å². The molecule has 0 saturated heterocycles. The Kier molecular flexibility index (Phi) is 5.40. The molecule has 0 aliphatic carbocycles. The fraction of sp³-hybridized carbons (Fsp3) is 0.174. The van der Waals surface area contributed by atoms with E-state index in [9.17, 15) is 14.9 Å². The number of aromatic nitrogens is 2. The lowest BCUT2D eigenvalue weighted by molar-refractivity contribution is -0.384. The van der Waals surface area contributed by atoms with Crippen molar-refractivity contribution < 1.29 is 9.72 Å². The van der Waals surface area contributed by atoms with Crippen LogP contribution < -0.4 is 5.01 Å². The van der Waals surface area contributed by atoms with Gasteiger partial charge in [0.25, 0.3) is 11.6 Å². The van der Waals surface area contributed by atoms with Gasteiger partial charge in [-0.25, -0.2) is 4.68 Å². The highest BCUT2D eigenvalue weighted by Crippen LogP contribution is 2.30. The third-order valence-electron chi connectivity index (χ3n) is 5.38. The number of nitrogens with zero attached hydrogens (tertiary/aromatic N) is 5. The first kappa shape index (κ1) is 21.5. The van der Waals surface area contributed by atoms with Crippen molar-refractivity contribution in [1.82, 2.24) is 9.78 Å². The summed E-state index contributed by atoms with van der Waals surface area (Å²) in [7, 11) is 0. The van der Waals surface area contributed by atoms with Crippen LogP contribution in [0.1, 0.15) is 29.4 Å². The molecule has 1 aliphatic rings. The first-order valence-electron chi connectivity index (χ1n) is 9.86. The predicted molar refractivity (Wildman–Crippen MR) is 124 cm³/mol. The van der Waals surface area contributed by atoms with E-state index >= 15 is 0 Å². The Balaban J connectivity index is 1.72. The first-order chi connectivity index (χ1) is 15.2. The van der Waals surface area contributed by atoms with Crippen LogP contribution in [0.5, 0.6) is 0 Å². The van der Waals surface area contributed by atoms with E-state index in [0.29, 0.717) is 33.4 Å². The Hall–Kier alpha value is -3.78. The normalized spacial score (nSPS) is 14.9. The summed E-state index contributed by atoms with van der Waals surface area (Å²) in [6.45, 7) is 7.35. The number of carbonyl (C=O) groups is 1. The van der Waals surface area contributed by atoms with Gasteiger partial charge >= 0.3 is 0 Å². The molecular weight excluding hydrogens is 430 g/mol. The Bertz CT molecular complexity index is 1340. The van der Waals surface area contributed by atoms with E-state index in [4.69, 9.17) is 11.6 Å². The minimum Gasteiger partial charge on any atom is -0.267 e. The molecule has 2 heterocycles. The summed E-state index contributed by atoms with van der Waals surface area (Å²) in [5.41, 5.74) is 5.30. The van der Waals surface area contributed by atoms with Gasteiger partial charge in [-0.3, -0.25) is 14.9 Å². The number of hydrogen-bond acceptors (Lipinski definition) is 5. The molecule has 32 heavy (non-hydrogen) atoms. The SMILES string of the molecule is CC1=NN(c2ccc(C)c(Cl)c2)C(=O)/C1=C/c1c(C)nn(-c2cccc([N+](=O)[O-])c2)c1C. The lowest BCUT2D eigenvalue weighted by Crippen LogP contribution is -2.21. The lowest BCUT2D eigenvalue weighted by Gasteiger charge is -2.12. The van der Waals surface area contributed by atoms with Crippen molar-refractivity contribution in [3.63, 3.8) is 0 Å². The van der Waals surface area contributed by atoms with Gasteiger partial charge in [-0.05, 0) is 57.5 Å². The van der Waals surface area contributed by atoms with E-state index in [0.717, 1.165) is 16.8 Å². The Morgan fingerprint density at radius 2 is 1.81 bits per heavy atom. The van der Waals surface area contributed by atoms with Crippen molar-refractivity contribution in [2.24, 2.45) is 5.10 Å². The molecule has 8 nitrogen and oxygen atoms in total. The third kappa shape index (κ3) is 3.69. The van der Waals surface area contributed by atoms with E-state index in [1.54, 1.807) is 41.9 Å². The Morgan fingerprint density at radius 3 is 2.50 bits per heavy atom. The summed E-state index contributed by atoms with van der Waals surface area (Å²) in [6, 6.07) is 11.6. The summed E-state index contributed by atoms with van der Waals surface area (Å²) in [4.78, 5) is 23.8. The van der Waals surface area contributed by atoms with Crippen molar-refractivity contribution in [2.75, 3.05) is 5.01 Å². The van der Waals surface area contributed by atoms with E-state index in [-0.39, 0.29) is 11.6 Å². The molecule has 0 N–H and O–H groups in total. The molecule has 1 aromatic heterocycles. The van der Waals surface area contributed by atoms with Gasteiger partial charge in [0.1, 0.15) is 0 Å². The highest BCUT2D eigenvalue weighted by molar-refractivity contribution is 6.33. The molecule has 1 amide bonds. The number of anilines is 1. The van der Waals surface area contributed by atoms with Gasteiger partial charge in [-0.1, -0.05) is 23.7 Å². The van der Waals surface area contributed by atoms with Gasteiger partial charge < -0.3 is 0 Å². The molecule has 9 heteroatoms. The summed E-state index contributed by atoms with van der Waals surface area (Å²) in [5, 5.41) is 22.0. The molecule has 2 aromatic carbocycles. The van der Waals surface area contributed by atoms with Crippen LogP contribution in [0.2, 0.25) is 5.02 Å². The highest BCUT2D eigenvalue weighted by atomic mass is 35.5. The van der Waals surface area contributed by atoms with Crippen LogP contribution in [-0.2, 0) is 4.79 Å². The summed E-state index contributed by atoms with van der Waals surface area (Å²) in [6.07, 6.45) is 1.77. The number of nitro groups is 1. The number of hydrazone groups is 1. The van der Waals surface area contributed by atoms with E-state index < -0.39 is 4.92 Å². The van der Waals surface area contributed by atoms with Crippen molar-refractivity contribution in [3.8, 4) is 5.69 Å². The van der Waals surface area contributed by atoms with Gasteiger partial charge in [-0.2, -0.15) is 15.2 Å². The van der Waals surface area contributed by atoms with Crippen molar-refractivity contribution in [3.05, 3.63) is 85.7 Å². The average molecular weight is 450 g/mol. The second-order valence-corrected chi connectivity index (χ2v) is 7.97. The molecule has 0 bridgehead atoms. The Morgan fingerprint density at radius 1 is 1.06 bits per heavy atom. The van der Waals surface area contributed by atoms with Gasteiger partial charge in [0.05, 0.1) is 33.3 Å². The van der Waals surface area contributed by atoms with Gasteiger partial charge in [0.15, 0.2) is 0 Å². The minimum atomic E-state index is -0.443. The van der Waals surface area contributed by atoms with Gasteiger partial charge in [0, 0.05) is 28.4 Å². The second-order valence-electron chi connectivity index (χ2n) is 7.57. The van der Waals surface area contributed by atoms with E-state index in [1.807, 2.05) is 26.8 Å². The molecule has 0 atom stereocenters. The zero-order valence-corrected chi connectivity index (χ0v) is 18.7. The molecular formula is C23H20ClN5O3. The predicted octanol–water partition coefficient (Wildman–Crippen LogP) is 5.17. The fourth-order valence-electron chi connectivity index (χ4n) is 3.57. The number of benzene rings is 2. The van der Waals surface area contributed by atoms with Crippen LogP contribution in [-0.4, -0.2) is 26.3 Å². The monoisotopic (exact) mass is 449 g/mol. The number of carbonyl (C=O) groups excluding carboxylic acids is 1. The lowest BCUT2D eigenvalue weighted by atomic mass is 10.1. The number of hydrogen-bond donors (Lipinski definition) is 0. The summed E-state index contributed by atoms with van der Waals surface area (Å²) >= 11 is 6.22. The fourth-order valence-corrected chi connectivity index (χ4v) is 3.75. The van der Waals surface area contributed by atoms with Crippen LogP contribution in [0.3, 0.4) is 0 Å². The van der Waals surface area contributed by atoms with Crippen LogP contribution >= 0.6 is 11.6 Å². The van der Waals surface area contributed by atoms with Crippen LogP contribution in [0.25, 0.3) is 11.8 Å². The maximum atomic E-state index is 13.1. The zero-order valence-electron chi connectivity index (χ0n) is 18.0. The van der Waals surface area contributed by atoms with E-state index in [1.165, 1.54) is 17.1 Å². The van der Waals surface area contributed by atoms with Gasteiger partial charge in [0.2, 0.25) is 0 Å². The number of amides is 1. The molecule has 162 valence electrons.